The lowest BCUT2D eigenvalue weighted by atomic mass is 10.0. The number of alkyl halides is 6. The molecule has 0 spiro atoms. The third kappa shape index (κ3) is 6.10. The van der Waals surface area contributed by atoms with Crippen molar-refractivity contribution < 1.29 is 40.7 Å². The Labute approximate surface area is 219 Å². The SMILES string of the molecule is O=C([C@@H](NC(=O)C(F)(F)F)c1cccc(C(F)(F)F)c1)N1CC[C@@H]2CC[C@H](Oc3cnc(C4CC4)cn3)N2C1. The van der Waals surface area contributed by atoms with Crippen LogP contribution in [0.1, 0.15) is 60.9 Å². The Balaban J connectivity index is 1.34. The van der Waals surface area contributed by atoms with E-state index in [1.54, 1.807) is 11.5 Å². The van der Waals surface area contributed by atoms with Gasteiger partial charge < -0.3 is 15.0 Å². The molecule has 2 saturated heterocycles. The summed E-state index contributed by atoms with van der Waals surface area (Å²) in [5.41, 5.74) is -0.669. The Morgan fingerprint density at radius 2 is 1.77 bits per heavy atom. The molecule has 39 heavy (non-hydrogen) atoms. The number of carbonyl (C=O) groups is 2. The molecule has 0 bridgehead atoms. The zero-order chi connectivity index (χ0) is 27.9. The monoisotopic (exact) mass is 557 g/mol. The Morgan fingerprint density at radius 3 is 2.41 bits per heavy atom. The average molecular weight is 557 g/mol. The number of aromatic nitrogens is 2. The van der Waals surface area contributed by atoms with Gasteiger partial charge in [0.05, 0.1) is 30.3 Å². The van der Waals surface area contributed by atoms with E-state index >= 15 is 0 Å². The van der Waals surface area contributed by atoms with Crippen LogP contribution in [0, 0.1) is 0 Å². The summed E-state index contributed by atoms with van der Waals surface area (Å²) in [5.74, 6) is -2.66. The number of rotatable bonds is 6. The lowest BCUT2D eigenvalue weighted by Gasteiger charge is -2.41. The van der Waals surface area contributed by atoms with Crippen LogP contribution in [0.5, 0.6) is 5.88 Å². The third-order valence-corrected chi connectivity index (χ3v) is 7.19. The second-order valence-corrected chi connectivity index (χ2v) is 9.93. The van der Waals surface area contributed by atoms with Gasteiger partial charge in [-0.15, -0.1) is 0 Å². The Hall–Kier alpha value is -3.42. The molecule has 14 heteroatoms. The molecule has 1 N–H and O–H groups in total. The predicted molar refractivity (Wildman–Crippen MR) is 123 cm³/mol. The lowest BCUT2D eigenvalue weighted by molar-refractivity contribution is -0.175. The number of nitrogens with one attached hydrogen (secondary N) is 1. The summed E-state index contributed by atoms with van der Waals surface area (Å²) in [6.45, 7) is 0.110. The van der Waals surface area contributed by atoms with Gasteiger partial charge in [0, 0.05) is 18.5 Å². The Morgan fingerprint density at radius 1 is 1.00 bits per heavy atom. The number of amides is 2. The fraction of sp³-hybridized carbons (Fsp3) is 0.520. The fourth-order valence-electron chi connectivity index (χ4n) is 4.99. The molecule has 0 unspecified atom stereocenters. The van der Waals surface area contributed by atoms with Gasteiger partial charge in [-0.3, -0.25) is 14.6 Å². The molecule has 8 nitrogen and oxygen atoms in total. The van der Waals surface area contributed by atoms with E-state index in [9.17, 15) is 35.9 Å². The van der Waals surface area contributed by atoms with Crippen LogP contribution >= 0.6 is 0 Å². The van der Waals surface area contributed by atoms with E-state index < -0.39 is 47.6 Å². The van der Waals surface area contributed by atoms with Crippen molar-refractivity contribution in [3.05, 3.63) is 53.5 Å². The first-order chi connectivity index (χ1) is 18.4. The van der Waals surface area contributed by atoms with Crippen molar-refractivity contribution in [2.45, 2.75) is 68.7 Å². The van der Waals surface area contributed by atoms with Crippen molar-refractivity contribution in [1.82, 2.24) is 25.1 Å². The first-order valence-corrected chi connectivity index (χ1v) is 12.5. The van der Waals surface area contributed by atoms with Crippen LogP contribution in [0.25, 0.3) is 0 Å². The maximum absolute atomic E-state index is 13.5. The fourth-order valence-corrected chi connectivity index (χ4v) is 4.99. The van der Waals surface area contributed by atoms with Crippen LogP contribution in [0.15, 0.2) is 36.7 Å². The van der Waals surface area contributed by atoms with E-state index in [0.717, 1.165) is 43.2 Å². The van der Waals surface area contributed by atoms with Gasteiger partial charge in [0.1, 0.15) is 6.04 Å². The first-order valence-electron chi connectivity index (χ1n) is 12.5. The van der Waals surface area contributed by atoms with Crippen LogP contribution in [0.4, 0.5) is 26.3 Å². The second-order valence-electron chi connectivity index (χ2n) is 9.93. The summed E-state index contributed by atoms with van der Waals surface area (Å²) >= 11 is 0. The van der Waals surface area contributed by atoms with Gasteiger partial charge in [0.25, 0.3) is 5.91 Å². The summed E-state index contributed by atoms with van der Waals surface area (Å²) in [4.78, 5) is 37.0. The van der Waals surface area contributed by atoms with E-state index in [2.05, 4.69) is 9.97 Å². The number of benzene rings is 1. The summed E-state index contributed by atoms with van der Waals surface area (Å²) < 4.78 is 85.0. The zero-order valence-electron chi connectivity index (χ0n) is 20.5. The minimum atomic E-state index is -5.34. The molecule has 5 rings (SSSR count). The maximum Gasteiger partial charge on any atom is 0.471 e. The molecule has 3 heterocycles. The molecule has 1 aromatic heterocycles. The number of ether oxygens (including phenoxy) is 1. The highest BCUT2D eigenvalue weighted by molar-refractivity contribution is 5.90. The number of hydrogen-bond acceptors (Lipinski definition) is 6. The van der Waals surface area contributed by atoms with Crippen molar-refractivity contribution in [2.75, 3.05) is 13.2 Å². The molecule has 0 radical (unpaired) electrons. The van der Waals surface area contributed by atoms with Gasteiger partial charge in [-0.25, -0.2) is 9.88 Å². The minimum Gasteiger partial charge on any atom is -0.457 e. The van der Waals surface area contributed by atoms with Crippen LogP contribution in [0.2, 0.25) is 0 Å². The van der Waals surface area contributed by atoms with Crippen molar-refractivity contribution in [2.24, 2.45) is 0 Å². The molecule has 1 aliphatic carbocycles. The summed E-state index contributed by atoms with van der Waals surface area (Å²) in [7, 11) is 0. The number of carbonyl (C=O) groups excluding carboxylic acids is 2. The largest absolute Gasteiger partial charge is 0.471 e. The highest BCUT2D eigenvalue weighted by Crippen LogP contribution is 2.39. The Bertz CT molecular complexity index is 1220. The van der Waals surface area contributed by atoms with Crippen LogP contribution in [0.3, 0.4) is 0 Å². The molecule has 3 fully saturated rings. The van der Waals surface area contributed by atoms with Crippen molar-refractivity contribution >= 4 is 11.8 Å². The van der Waals surface area contributed by atoms with Crippen molar-refractivity contribution in [3.8, 4) is 5.88 Å². The van der Waals surface area contributed by atoms with Crippen LogP contribution in [-0.2, 0) is 15.8 Å². The maximum atomic E-state index is 13.5. The molecular weight excluding hydrogens is 532 g/mol. The van der Waals surface area contributed by atoms with E-state index in [4.69, 9.17) is 4.74 Å². The summed E-state index contributed by atoms with van der Waals surface area (Å²) in [6, 6.07) is 1.42. The first kappa shape index (κ1) is 27.2. The lowest BCUT2D eigenvalue weighted by Crippen LogP contribution is -2.56. The van der Waals surface area contributed by atoms with Gasteiger partial charge >= 0.3 is 18.3 Å². The molecule has 3 aliphatic rings. The second kappa shape index (κ2) is 10.3. The molecule has 1 aromatic carbocycles. The van der Waals surface area contributed by atoms with E-state index in [-0.39, 0.29) is 19.3 Å². The molecule has 2 amide bonds. The molecule has 1 saturated carbocycles. The quantitative estimate of drug-likeness (QED) is 0.537. The average Bonchev–Trinajstić information content (AvgIpc) is 3.67. The van der Waals surface area contributed by atoms with Gasteiger partial charge in [-0.1, -0.05) is 12.1 Å². The molecule has 210 valence electrons. The topological polar surface area (TPSA) is 87.7 Å². The van der Waals surface area contributed by atoms with Crippen molar-refractivity contribution in [1.29, 1.82) is 0 Å². The number of nitrogens with zero attached hydrogens (tertiary/aromatic N) is 4. The molecule has 2 aliphatic heterocycles. The van der Waals surface area contributed by atoms with Crippen molar-refractivity contribution in [3.63, 3.8) is 0 Å². The standard InChI is InChI=1S/C25H25F6N5O3/c26-24(27,28)16-3-1-2-15(10-16)21(34-23(38)25(29,30)31)22(37)35-9-8-17-6-7-20(36(17)13-35)39-19-12-32-18(11-33-19)14-4-5-14/h1-3,10-12,14,17,20-21H,4-9,13H2,(H,34,38)/t17-,20-,21-/m0/s1. The van der Waals surface area contributed by atoms with Crippen LogP contribution in [-0.4, -0.2) is 63.2 Å². The Kier molecular flexibility index (Phi) is 7.16. The molecule has 2 aromatic rings. The third-order valence-electron chi connectivity index (χ3n) is 7.19. The van der Waals surface area contributed by atoms with Gasteiger partial charge in [-0.2, -0.15) is 26.3 Å². The smallest absolute Gasteiger partial charge is 0.457 e. The summed E-state index contributed by atoms with van der Waals surface area (Å²) in [5, 5.41) is 1.59. The predicted octanol–water partition coefficient (Wildman–Crippen LogP) is 4.15. The van der Waals surface area contributed by atoms with E-state index in [1.807, 2.05) is 4.90 Å². The minimum absolute atomic E-state index is 0.0366. The van der Waals surface area contributed by atoms with Gasteiger partial charge in [0.2, 0.25) is 5.88 Å². The number of halogens is 6. The van der Waals surface area contributed by atoms with E-state index in [1.165, 1.54) is 11.1 Å². The zero-order valence-corrected chi connectivity index (χ0v) is 20.5. The van der Waals surface area contributed by atoms with Gasteiger partial charge in [0.15, 0.2) is 6.23 Å². The number of fused-ring (bicyclic) bond motifs is 1. The molecule has 3 atom stereocenters. The van der Waals surface area contributed by atoms with Crippen LogP contribution < -0.4 is 10.1 Å². The number of hydrogen-bond donors (Lipinski definition) is 1. The molecular formula is C25H25F6N5O3. The summed E-state index contributed by atoms with van der Waals surface area (Å²) in [6.07, 6.45) is -3.44. The highest BCUT2D eigenvalue weighted by atomic mass is 19.4. The van der Waals surface area contributed by atoms with Gasteiger partial charge in [-0.05, 0) is 49.8 Å². The van der Waals surface area contributed by atoms with E-state index in [0.29, 0.717) is 30.7 Å². The highest BCUT2D eigenvalue weighted by Gasteiger charge is 2.45. The normalized spacial score (nSPS) is 22.8.